The van der Waals surface area contributed by atoms with Gasteiger partial charge in [-0.3, -0.25) is 0 Å². The molecule has 0 spiro atoms. The number of hydrogen-bond donors (Lipinski definition) is 0. The molecule has 0 fully saturated rings. The van der Waals surface area contributed by atoms with Gasteiger partial charge in [0, 0.05) is 0 Å². The summed E-state index contributed by atoms with van der Waals surface area (Å²) in [6.45, 7) is 5.69. The van der Waals surface area contributed by atoms with Crippen LogP contribution in [-0.2, 0) is 0 Å². The number of hydrogen-bond acceptors (Lipinski definition) is 0. The molecule has 0 aromatic carbocycles. The van der Waals surface area contributed by atoms with E-state index in [1.807, 2.05) is 0 Å². The molecule has 0 heterocycles. The summed E-state index contributed by atoms with van der Waals surface area (Å²) >= 11 is 0. The Morgan fingerprint density at radius 3 is 1.00 bits per heavy atom. The van der Waals surface area contributed by atoms with Gasteiger partial charge in [-0.2, -0.15) is 13.1 Å². The smallest absolute Gasteiger partial charge is 0.677 e. The zero-order chi connectivity index (χ0) is 13.9. The van der Waals surface area contributed by atoms with Crippen molar-refractivity contribution in [3.8, 4) is 0 Å². The van der Waals surface area contributed by atoms with Gasteiger partial charge in [-0.1, -0.05) is 90.9 Å². The second-order valence-corrected chi connectivity index (χ2v) is 5.04. The molecule has 2 N–H and O–H groups in total. The molecular weight excluding hydrogens is 244 g/mol. The fourth-order valence-corrected chi connectivity index (χ4v) is 1.81. The molecule has 19 heavy (non-hydrogen) atoms. The van der Waals surface area contributed by atoms with Crippen molar-refractivity contribution in [3.63, 3.8) is 0 Å². The normalized spacial score (nSPS) is 9.47. The van der Waals surface area contributed by atoms with Gasteiger partial charge in [0.05, 0.1) is 0 Å². The minimum Gasteiger partial charge on any atom is -0.677 e. The Morgan fingerprint density at radius 1 is 0.474 bits per heavy atom. The molecule has 0 saturated carbocycles. The summed E-state index contributed by atoms with van der Waals surface area (Å²) < 4.78 is 0. The first kappa shape index (κ1) is 24.7. The Balaban J connectivity index is -0.000000256. The second kappa shape index (κ2) is 27.1. The monoisotopic (exact) mass is 280 g/mol. The quantitative estimate of drug-likeness (QED) is 0.293. The van der Waals surface area contributed by atoms with Crippen LogP contribution >= 0.6 is 0 Å². The van der Waals surface area contributed by atoms with Gasteiger partial charge < -0.3 is 11.5 Å². The molecule has 3 heteroatoms. The van der Waals surface area contributed by atoms with Crippen molar-refractivity contribution < 1.29 is 0 Å². The van der Waals surface area contributed by atoms with Crippen LogP contribution in [0.1, 0.15) is 90.9 Å². The Labute approximate surface area is 138 Å². The molecule has 0 rings (SSSR count). The average Bonchev–Trinajstić information content (AvgIpc) is 2.39. The first-order valence-corrected chi connectivity index (χ1v) is 8.12. The Hall–Kier alpha value is 0.686. The molecule has 0 bridgehead atoms. The van der Waals surface area contributed by atoms with Crippen LogP contribution in [0.25, 0.3) is 11.5 Å². The summed E-state index contributed by atoms with van der Waals surface area (Å²) in [4.78, 5) is 0. The Bertz CT molecular complexity index is 95.3. The topological polar surface area (TPSA) is 47.6 Å². The number of nitrogens with one attached hydrogen (secondary N) is 2. The minimum absolute atomic E-state index is 0. The van der Waals surface area contributed by atoms with E-state index in [4.69, 9.17) is 11.5 Å². The summed E-state index contributed by atoms with van der Waals surface area (Å²) in [6.07, 6.45) is 15.5. The van der Waals surface area contributed by atoms with Crippen molar-refractivity contribution in [2.45, 2.75) is 90.9 Å². The molecule has 0 aromatic rings. The maximum Gasteiger partial charge on any atom is 2.00 e. The van der Waals surface area contributed by atoms with Crippen molar-refractivity contribution in [2.75, 3.05) is 13.1 Å². The predicted octanol–water partition coefficient (Wildman–Crippen LogP) is 6.42. The van der Waals surface area contributed by atoms with Crippen molar-refractivity contribution in [2.24, 2.45) is 0 Å². The van der Waals surface area contributed by atoms with E-state index in [1.165, 1.54) is 64.2 Å². The average molecular weight is 281 g/mol. The van der Waals surface area contributed by atoms with Crippen molar-refractivity contribution >= 4 is 23.1 Å². The van der Waals surface area contributed by atoms with Crippen molar-refractivity contribution in [1.82, 2.24) is 0 Å². The van der Waals surface area contributed by atoms with Crippen LogP contribution in [0.15, 0.2) is 0 Å². The van der Waals surface area contributed by atoms with Crippen LogP contribution in [0.2, 0.25) is 0 Å². The molecule has 0 atom stereocenters. The van der Waals surface area contributed by atoms with Gasteiger partial charge in [0.15, 0.2) is 0 Å². The van der Waals surface area contributed by atoms with Crippen molar-refractivity contribution in [1.29, 1.82) is 0 Å². The molecule has 0 radical (unpaired) electrons. The molecule has 0 aliphatic carbocycles. The van der Waals surface area contributed by atoms with Crippen LogP contribution in [0.4, 0.5) is 0 Å². The maximum absolute atomic E-state index is 6.88. The fraction of sp³-hybridized carbons (Fsp3) is 1.00. The zero-order valence-electron chi connectivity index (χ0n) is 13.6. The molecular formula is C16H36MgN2. The van der Waals surface area contributed by atoms with Gasteiger partial charge in [0.2, 0.25) is 0 Å². The molecule has 2 nitrogen and oxygen atoms in total. The van der Waals surface area contributed by atoms with E-state index in [2.05, 4.69) is 13.8 Å². The molecule has 0 amide bonds. The Kier molecular flexibility index (Phi) is 35.2. The second-order valence-electron chi connectivity index (χ2n) is 5.04. The largest absolute Gasteiger partial charge is 2.00 e. The van der Waals surface area contributed by atoms with E-state index in [-0.39, 0.29) is 23.1 Å². The molecule has 0 unspecified atom stereocenters. The summed E-state index contributed by atoms with van der Waals surface area (Å²) in [5, 5.41) is 0. The molecule has 112 valence electrons. The maximum atomic E-state index is 6.88. The third-order valence-electron chi connectivity index (χ3n) is 3.06. The number of rotatable bonds is 12. The van der Waals surface area contributed by atoms with Crippen LogP contribution in [0.3, 0.4) is 0 Å². The van der Waals surface area contributed by atoms with Gasteiger partial charge in [-0.25, -0.2) is 0 Å². The predicted molar refractivity (Wildman–Crippen MR) is 90.9 cm³/mol. The third kappa shape index (κ3) is 32.3. The van der Waals surface area contributed by atoms with Crippen LogP contribution < -0.4 is 0 Å². The zero-order valence-corrected chi connectivity index (χ0v) is 15.0. The molecule has 0 aromatic heterocycles. The van der Waals surface area contributed by atoms with Crippen LogP contribution in [-0.4, -0.2) is 36.1 Å². The SMILES string of the molecule is CCCCCCCC[NH-].CCCCCCCC[NH-].[Mg+2]. The molecule has 0 aliphatic heterocycles. The third-order valence-corrected chi connectivity index (χ3v) is 3.06. The van der Waals surface area contributed by atoms with E-state index >= 15 is 0 Å². The first-order chi connectivity index (χ1) is 8.83. The summed E-state index contributed by atoms with van der Waals surface area (Å²) in [5.74, 6) is 0. The van der Waals surface area contributed by atoms with E-state index in [0.717, 1.165) is 12.8 Å². The van der Waals surface area contributed by atoms with Gasteiger partial charge in [-0.05, 0) is 0 Å². The van der Waals surface area contributed by atoms with Crippen LogP contribution in [0.5, 0.6) is 0 Å². The van der Waals surface area contributed by atoms with Gasteiger partial charge in [0.25, 0.3) is 0 Å². The van der Waals surface area contributed by atoms with Crippen molar-refractivity contribution in [3.05, 3.63) is 11.5 Å². The van der Waals surface area contributed by atoms with E-state index < -0.39 is 0 Å². The van der Waals surface area contributed by atoms with Gasteiger partial charge in [0.1, 0.15) is 0 Å². The van der Waals surface area contributed by atoms with E-state index in [1.54, 1.807) is 0 Å². The fourth-order valence-electron chi connectivity index (χ4n) is 1.81. The standard InChI is InChI=1S/2C8H18N.Mg/c2*1-2-3-4-5-6-7-8-9;/h2*9H,2-8H2,1H3;/q2*-1;+2. The van der Waals surface area contributed by atoms with Gasteiger partial charge in [-0.15, -0.1) is 0 Å². The Morgan fingerprint density at radius 2 is 0.737 bits per heavy atom. The summed E-state index contributed by atoms with van der Waals surface area (Å²) in [5.41, 5.74) is 13.8. The molecule has 0 aliphatic rings. The number of unbranched alkanes of at least 4 members (excludes halogenated alkanes) is 10. The van der Waals surface area contributed by atoms with E-state index in [0.29, 0.717) is 13.1 Å². The first-order valence-electron chi connectivity index (χ1n) is 8.12. The summed E-state index contributed by atoms with van der Waals surface area (Å²) in [6, 6.07) is 0. The van der Waals surface area contributed by atoms with Crippen LogP contribution in [0, 0.1) is 0 Å². The minimum atomic E-state index is 0. The van der Waals surface area contributed by atoms with E-state index in [9.17, 15) is 0 Å². The summed E-state index contributed by atoms with van der Waals surface area (Å²) in [7, 11) is 0. The van der Waals surface area contributed by atoms with Gasteiger partial charge >= 0.3 is 23.1 Å². The molecule has 0 saturated heterocycles.